The lowest BCUT2D eigenvalue weighted by molar-refractivity contribution is -0.143. The summed E-state index contributed by atoms with van der Waals surface area (Å²) in [5, 5.41) is 26.5. The molecule has 0 saturated heterocycles. The molecule has 0 unspecified atom stereocenters. The number of carboxylic acids is 1. The number of hydrogen-bond acceptors (Lipinski definition) is 5. The monoisotopic (exact) mass is 427 g/mol. The quantitative estimate of drug-likeness (QED) is 0.330. The van der Waals surface area contributed by atoms with Crippen molar-refractivity contribution < 1.29 is 29.4 Å². The fourth-order valence-corrected chi connectivity index (χ4v) is 3.59. The molecule has 9 nitrogen and oxygen atoms in total. The lowest BCUT2D eigenvalue weighted by Gasteiger charge is -2.27. The molecule has 0 radical (unpaired) electrons. The third-order valence-corrected chi connectivity index (χ3v) is 5.36. The summed E-state index contributed by atoms with van der Waals surface area (Å²) >= 11 is 0. The van der Waals surface area contributed by atoms with Gasteiger partial charge in [0.2, 0.25) is 17.7 Å². The highest BCUT2D eigenvalue weighted by Gasteiger charge is 2.32. The summed E-state index contributed by atoms with van der Waals surface area (Å²) in [6, 6.07) is -3.22. The molecule has 1 saturated carbocycles. The van der Waals surface area contributed by atoms with Crippen molar-refractivity contribution in [3.8, 4) is 0 Å². The average Bonchev–Trinajstić information content (AvgIpc) is 2.68. The molecule has 0 aromatic carbocycles. The van der Waals surface area contributed by atoms with Crippen LogP contribution >= 0.6 is 0 Å². The minimum atomic E-state index is -1.16. The summed E-state index contributed by atoms with van der Waals surface area (Å²) in [7, 11) is 0. The van der Waals surface area contributed by atoms with Crippen LogP contribution in [0.3, 0.4) is 0 Å². The van der Waals surface area contributed by atoms with Crippen molar-refractivity contribution in [2.45, 2.75) is 84.3 Å². The van der Waals surface area contributed by atoms with Crippen LogP contribution in [0, 0.1) is 17.8 Å². The number of carboxylic acid groups (broad SMARTS) is 1. The summed E-state index contributed by atoms with van der Waals surface area (Å²) in [4.78, 5) is 49.1. The van der Waals surface area contributed by atoms with Gasteiger partial charge in [-0.15, -0.1) is 0 Å². The van der Waals surface area contributed by atoms with E-state index in [4.69, 9.17) is 0 Å². The van der Waals surface area contributed by atoms with Crippen molar-refractivity contribution in [2.24, 2.45) is 17.8 Å². The number of hydrogen-bond donors (Lipinski definition) is 5. The SMILES string of the molecule is CC(C)C[C@H](NC(=O)[C@H](CO)NC(=O)C1CCCCC1)C(=O)N[C@H](C(=O)O)C(C)C. The van der Waals surface area contributed by atoms with Crippen LogP contribution in [-0.2, 0) is 19.2 Å². The van der Waals surface area contributed by atoms with E-state index in [9.17, 15) is 29.4 Å². The first-order valence-electron chi connectivity index (χ1n) is 10.8. The molecule has 1 aliphatic rings. The second-order valence-corrected chi connectivity index (χ2v) is 8.84. The predicted octanol–water partition coefficient (Wildman–Crippen LogP) is 0.800. The Morgan fingerprint density at radius 2 is 1.43 bits per heavy atom. The van der Waals surface area contributed by atoms with Gasteiger partial charge in [0.25, 0.3) is 0 Å². The number of amides is 3. The van der Waals surface area contributed by atoms with Crippen LogP contribution in [0.15, 0.2) is 0 Å². The summed E-state index contributed by atoms with van der Waals surface area (Å²) in [5.74, 6) is -3.14. The van der Waals surface area contributed by atoms with Gasteiger partial charge in [-0.25, -0.2) is 4.79 Å². The van der Waals surface area contributed by atoms with Crippen molar-refractivity contribution >= 4 is 23.7 Å². The Morgan fingerprint density at radius 1 is 0.867 bits per heavy atom. The van der Waals surface area contributed by atoms with Crippen LogP contribution in [0.2, 0.25) is 0 Å². The molecule has 30 heavy (non-hydrogen) atoms. The number of aliphatic hydroxyl groups excluding tert-OH is 1. The molecule has 3 atom stereocenters. The van der Waals surface area contributed by atoms with Crippen LogP contribution in [-0.4, -0.2) is 58.6 Å². The summed E-state index contributed by atoms with van der Waals surface area (Å²) in [5.41, 5.74) is 0. The minimum Gasteiger partial charge on any atom is -0.480 e. The number of rotatable bonds is 11. The van der Waals surface area contributed by atoms with Gasteiger partial charge >= 0.3 is 5.97 Å². The van der Waals surface area contributed by atoms with E-state index in [0.717, 1.165) is 32.1 Å². The number of carbonyl (C=O) groups excluding carboxylic acids is 3. The maximum Gasteiger partial charge on any atom is 0.326 e. The fraction of sp³-hybridized carbons (Fsp3) is 0.810. The van der Waals surface area contributed by atoms with Gasteiger partial charge in [-0.05, 0) is 31.1 Å². The van der Waals surface area contributed by atoms with Gasteiger partial charge in [-0.2, -0.15) is 0 Å². The second kappa shape index (κ2) is 12.5. The fourth-order valence-electron chi connectivity index (χ4n) is 3.59. The zero-order valence-corrected chi connectivity index (χ0v) is 18.4. The van der Waals surface area contributed by atoms with Gasteiger partial charge in [0, 0.05) is 5.92 Å². The van der Waals surface area contributed by atoms with E-state index in [-0.39, 0.29) is 30.1 Å². The molecule has 0 aliphatic heterocycles. The van der Waals surface area contributed by atoms with E-state index in [2.05, 4.69) is 16.0 Å². The first-order chi connectivity index (χ1) is 14.1. The summed E-state index contributed by atoms with van der Waals surface area (Å²) < 4.78 is 0. The predicted molar refractivity (Wildman–Crippen MR) is 111 cm³/mol. The van der Waals surface area contributed by atoms with Gasteiger partial charge in [-0.1, -0.05) is 47.0 Å². The molecule has 0 aromatic heterocycles. The normalized spacial score (nSPS) is 17.8. The smallest absolute Gasteiger partial charge is 0.326 e. The molecule has 1 fully saturated rings. The minimum absolute atomic E-state index is 0.0489. The first-order valence-corrected chi connectivity index (χ1v) is 10.8. The van der Waals surface area contributed by atoms with Gasteiger partial charge in [0.1, 0.15) is 18.1 Å². The van der Waals surface area contributed by atoms with E-state index in [1.165, 1.54) is 0 Å². The number of carbonyl (C=O) groups is 4. The molecule has 5 N–H and O–H groups in total. The van der Waals surface area contributed by atoms with E-state index in [0.29, 0.717) is 0 Å². The Hall–Kier alpha value is -2.16. The molecule has 3 amide bonds. The molecular weight excluding hydrogens is 390 g/mol. The van der Waals surface area contributed by atoms with E-state index >= 15 is 0 Å². The highest BCUT2D eigenvalue weighted by Crippen LogP contribution is 2.23. The maximum atomic E-state index is 12.7. The zero-order valence-electron chi connectivity index (χ0n) is 18.4. The van der Waals surface area contributed by atoms with E-state index < -0.39 is 42.5 Å². The average molecular weight is 428 g/mol. The van der Waals surface area contributed by atoms with Crippen molar-refractivity contribution in [3.63, 3.8) is 0 Å². The van der Waals surface area contributed by atoms with Crippen molar-refractivity contribution in [2.75, 3.05) is 6.61 Å². The third-order valence-electron chi connectivity index (χ3n) is 5.36. The van der Waals surface area contributed by atoms with Crippen LogP contribution in [0.1, 0.15) is 66.2 Å². The largest absolute Gasteiger partial charge is 0.480 e. The van der Waals surface area contributed by atoms with Gasteiger partial charge < -0.3 is 26.2 Å². The van der Waals surface area contributed by atoms with E-state index in [1.807, 2.05) is 13.8 Å². The van der Waals surface area contributed by atoms with Crippen LogP contribution < -0.4 is 16.0 Å². The Bertz CT molecular complexity index is 602. The number of aliphatic hydroxyl groups is 1. The number of nitrogens with one attached hydrogen (secondary N) is 3. The maximum absolute atomic E-state index is 12.7. The highest BCUT2D eigenvalue weighted by atomic mass is 16.4. The zero-order chi connectivity index (χ0) is 22.8. The Morgan fingerprint density at radius 3 is 1.90 bits per heavy atom. The van der Waals surface area contributed by atoms with Crippen LogP contribution in [0.4, 0.5) is 0 Å². The van der Waals surface area contributed by atoms with Crippen molar-refractivity contribution in [1.82, 2.24) is 16.0 Å². The number of aliphatic carboxylic acids is 1. The molecular formula is C21H37N3O6. The van der Waals surface area contributed by atoms with Gasteiger partial charge in [-0.3, -0.25) is 14.4 Å². The standard InChI is InChI=1S/C21H37N3O6/c1-12(2)10-15(19(27)24-17(13(3)4)21(29)30)22-20(28)16(11-25)23-18(26)14-8-6-5-7-9-14/h12-17,25H,5-11H2,1-4H3,(H,22,28)(H,23,26)(H,24,27)(H,29,30)/t15-,16-,17-/m0/s1. The Labute approximate surface area is 178 Å². The summed E-state index contributed by atoms with van der Waals surface area (Å²) in [6.07, 6.45) is 4.83. The molecule has 0 bridgehead atoms. The molecule has 0 heterocycles. The molecule has 1 aliphatic carbocycles. The Balaban J connectivity index is 2.80. The lowest BCUT2D eigenvalue weighted by atomic mass is 9.88. The Kier molecular flexibility index (Phi) is 10.8. The van der Waals surface area contributed by atoms with E-state index in [1.54, 1.807) is 13.8 Å². The second-order valence-electron chi connectivity index (χ2n) is 8.84. The van der Waals surface area contributed by atoms with Crippen molar-refractivity contribution in [3.05, 3.63) is 0 Å². The third kappa shape index (κ3) is 8.30. The lowest BCUT2D eigenvalue weighted by Crippen LogP contribution is -2.58. The molecule has 0 spiro atoms. The van der Waals surface area contributed by atoms with Crippen molar-refractivity contribution in [1.29, 1.82) is 0 Å². The van der Waals surface area contributed by atoms with Gasteiger partial charge in [0.15, 0.2) is 0 Å². The van der Waals surface area contributed by atoms with Crippen LogP contribution in [0.5, 0.6) is 0 Å². The highest BCUT2D eigenvalue weighted by molar-refractivity contribution is 5.93. The molecule has 0 aromatic rings. The van der Waals surface area contributed by atoms with Crippen LogP contribution in [0.25, 0.3) is 0 Å². The topological polar surface area (TPSA) is 145 Å². The van der Waals surface area contributed by atoms with Gasteiger partial charge in [0.05, 0.1) is 6.61 Å². The first kappa shape index (κ1) is 25.9. The summed E-state index contributed by atoms with van der Waals surface area (Å²) in [6.45, 7) is 6.51. The molecule has 1 rings (SSSR count). The molecule has 172 valence electrons. The molecule has 9 heteroatoms.